The summed E-state index contributed by atoms with van der Waals surface area (Å²) in [5.41, 5.74) is 2.34. The largest absolute Gasteiger partial charge is 0.497 e. The summed E-state index contributed by atoms with van der Waals surface area (Å²) < 4.78 is 60.2. The van der Waals surface area contributed by atoms with Crippen molar-refractivity contribution >= 4 is 17.7 Å². The van der Waals surface area contributed by atoms with Crippen LogP contribution in [0.15, 0.2) is 54.9 Å². The molecule has 0 spiro atoms. The Kier molecular flexibility index (Phi) is 5.95. The van der Waals surface area contributed by atoms with Gasteiger partial charge in [0.2, 0.25) is 0 Å². The van der Waals surface area contributed by atoms with Gasteiger partial charge in [-0.25, -0.2) is 18.2 Å². The first-order chi connectivity index (χ1) is 17.3. The number of benzene rings is 2. The zero-order chi connectivity index (χ0) is 25.6. The molecule has 1 aromatic heterocycles. The van der Waals surface area contributed by atoms with Gasteiger partial charge in [0.25, 0.3) is 5.91 Å². The van der Waals surface area contributed by atoms with Crippen molar-refractivity contribution in [2.24, 2.45) is 0 Å². The topological polar surface area (TPSA) is 65.8 Å². The highest BCUT2D eigenvalue weighted by atomic mass is 19.2. The predicted octanol–water partition coefficient (Wildman–Crippen LogP) is 4.59. The predicted molar refractivity (Wildman–Crippen MR) is 124 cm³/mol. The number of hydrogen-bond donors (Lipinski definition) is 0. The van der Waals surface area contributed by atoms with E-state index >= 15 is 0 Å². The zero-order valence-electron chi connectivity index (χ0n) is 19.7. The van der Waals surface area contributed by atoms with Crippen molar-refractivity contribution in [3.8, 4) is 11.4 Å². The number of imidazole rings is 1. The van der Waals surface area contributed by atoms with Gasteiger partial charge >= 0.3 is 0 Å². The van der Waals surface area contributed by atoms with Crippen molar-refractivity contribution in [1.82, 2.24) is 14.5 Å². The molecule has 5 rings (SSSR count). The summed E-state index contributed by atoms with van der Waals surface area (Å²) >= 11 is 0. The fourth-order valence-electron chi connectivity index (χ4n) is 4.30. The molecule has 10 heteroatoms. The van der Waals surface area contributed by atoms with Crippen molar-refractivity contribution in [3.63, 3.8) is 0 Å². The van der Waals surface area contributed by atoms with E-state index in [2.05, 4.69) is 4.98 Å². The van der Waals surface area contributed by atoms with Crippen LogP contribution in [0.1, 0.15) is 23.7 Å². The summed E-state index contributed by atoms with van der Waals surface area (Å²) in [7, 11) is 1.54. The molecule has 3 aromatic rings. The number of nitrogens with zero attached hydrogens (tertiary/aromatic N) is 3. The molecule has 36 heavy (non-hydrogen) atoms. The second-order valence-electron chi connectivity index (χ2n) is 8.52. The van der Waals surface area contributed by atoms with Crippen LogP contribution < -0.4 is 4.74 Å². The maximum atomic E-state index is 13.9. The van der Waals surface area contributed by atoms with Crippen LogP contribution >= 0.6 is 0 Å². The van der Waals surface area contributed by atoms with E-state index in [4.69, 9.17) is 14.2 Å². The number of morpholine rings is 1. The molecule has 2 aromatic carbocycles. The average molecular weight is 497 g/mol. The van der Waals surface area contributed by atoms with Crippen LogP contribution in [0.4, 0.5) is 13.2 Å². The minimum absolute atomic E-state index is 0.0282. The van der Waals surface area contributed by atoms with E-state index in [9.17, 15) is 18.0 Å². The lowest BCUT2D eigenvalue weighted by atomic mass is 10.0. The number of hydrogen-bond acceptors (Lipinski definition) is 5. The molecule has 186 valence electrons. The van der Waals surface area contributed by atoms with Gasteiger partial charge in [0.1, 0.15) is 30.8 Å². The van der Waals surface area contributed by atoms with Crippen molar-refractivity contribution in [2.75, 3.05) is 13.7 Å². The smallest absolute Gasteiger partial charge is 0.293 e. The Morgan fingerprint density at radius 3 is 2.58 bits per heavy atom. The fraction of sp³-hybridized carbons (Fsp3) is 0.231. The van der Waals surface area contributed by atoms with E-state index in [1.807, 2.05) is 23.8 Å². The van der Waals surface area contributed by atoms with Gasteiger partial charge in [-0.2, -0.15) is 0 Å². The van der Waals surface area contributed by atoms with E-state index < -0.39 is 35.5 Å². The number of ether oxygens (including phenoxy) is 3. The van der Waals surface area contributed by atoms with Crippen molar-refractivity contribution in [2.45, 2.75) is 26.0 Å². The van der Waals surface area contributed by atoms with Crippen molar-refractivity contribution in [3.05, 3.63) is 89.1 Å². The van der Waals surface area contributed by atoms with Crippen LogP contribution in [-0.2, 0) is 14.3 Å². The number of rotatable bonds is 4. The van der Waals surface area contributed by atoms with Gasteiger partial charge in [-0.1, -0.05) is 6.07 Å². The molecule has 1 fully saturated rings. The Balaban J connectivity index is 1.51. The summed E-state index contributed by atoms with van der Waals surface area (Å²) in [5, 5.41) is 0. The third-order valence-electron chi connectivity index (χ3n) is 6.11. The van der Waals surface area contributed by atoms with Crippen LogP contribution in [0.2, 0.25) is 0 Å². The minimum Gasteiger partial charge on any atom is -0.497 e. The normalized spacial score (nSPS) is 20.5. The van der Waals surface area contributed by atoms with Crippen molar-refractivity contribution < 1.29 is 32.2 Å². The van der Waals surface area contributed by atoms with Crippen LogP contribution in [0, 0.1) is 24.4 Å². The summed E-state index contributed by atoms with van der Waals surface area (Å²) in [5.74, 6) is -4.25. The average Bonchev–Trinajstić information content (AvgIpc) is 3.30. The standard InChI is InChI=1S/C26H22F3N3O4/c1-14-10-31(13-30-14)20-5-4-16(6-23(20)34-3)7-24-26(33)32-21(15(2)36-24)11-35-12-22(32)17-8-18(27)25(29)19(28)9-17/h4-10,12-13,15,21H,11H2,1-3H3/b24-7-/t15-,21+/m0/s1. The molecule has 7 nitrogen and oxygen atoms in total. The quantitative estimate of drug-likeness (QED) is 0.390. The van der Waals surface area contributed by atoms with Gasteiger partial charge in [-0.15, -0.1) is 0 Å². The van der Waals surface area contributed by atoms with Crippen LogP contribution in [0.5, 0.6) is 5.75 Å². The Morgan fingerprint density at radius 1 is 1.17 bits per heavy atom. The third kappa shape index (κ3) is 4.08. The summed E-state index contributed by atoms with van der Waals surface area (Å²) in [6.45, 7) is 3.77. The molecule has 2 aliphatic rings. The lowest BCUT2D eigenvalue weighted by Crippen LogP contribution is -2.54. The van der Waals surface area contributed by atoms with Gasteiger partial charge in [-0.3, -0.25) is 9.69 Å². The van der Waals surface area contributed by atoms with Crippen LogP contribution in [0.25, 0.3) is 17.5 Å². The van der Waals surface area contributed by atoms with Gasteiger partial charge in [0.05, 0.1) is 30.5 Å². The number of carbonyl (C=O) groups is 1. The Labute approximate surface area is 205 Å². The van der Waals surface area contributed by atoms with Gasteiger partial charge in [0, 0.05) is 11.8 Å². The fourth-order valence-corrected chi connectivity index (χ4v) is 4.30. The Morgan fingerprint density at radius 2 is 1.92 bits per heavy atom. The molecule has 0 radical (unpaired) electrons. The zero-order valence-corrected chi connectivity index (χ0v) is 19.7. The van der Waals surface area contributed by atoms with Gasteiger partial charge < -0.3 is 18.8 Å². The Bertz CT molecular complexity index is 1390. The molecule has 1 saturated heterocycles. The highest BCUT2D eigenvalue weighted by molar-refractivity contribution is 6.02. The maximum absolute atomic E-state index is 13.9. The maximum Gasteiger partial charge on any atom is 0.293 e. The molecule has 3 heterocycles. The first kappa shape index (κ1) is 23.5. The second kappa shape index (κ2) is 9.10. The summed E-state index contributed by atoms with van der Waals surface area (Å²) in [6, 6.07) is 6.49. The molecule has 0 saturated carbocycles. The van der Waals surface area contributed by atoms with Gasteiger partial charge in [0.15, 0.2) is 23.2 Å². The number of aryl methyl sites for hydroxylation is 1. The van der Waals surface area contributed by atoms with E-state index in [-0.39, 0.29) is 23.6 Å². The molecule has 2 aliphatic heterocycles. The van der Waals surface area contributed by atoms with Crippen LogP contribution in [-0.4, -0.2) is 46.2 Å². The third-order valence-corrected chi connectivity index (χ3v) is 6.11. The molecular formula is C26H22F3N3O4. The Hall–Kier alpha value is -4.21. The monoisotopic (exact) mass is 497 g/mol. The highest BCUT2D eigenvalue weighted by Crippen LogP contribution is 2.36. The molecule has 0 bridgehead atoms. The van der Waals surface area contributed by atoms with E-state index in [0.717, 1.165) is 23.5 Å². The van der Waals surface area contributed by atoms with E-state index in [1.165, 1.54) is 11.2 Å². The number of amides is 1. The van der Waals surface area contributed by atoms with E-state index in [0.29, 0.717) is 11.3 Å². The lowest BCUT2D eigenvalue weighted by molar-refractivity contribution is -0.142. The number of methoxy groups -OCH3 is 1. The summed E-state index contributed by atoms with van der Waals surface area (Å²) in [4.78, 5) is 19.1. The molecular weight excluding hydrogens is 475 g/mol. The second-order valence-corrected chi connectivity index (χ2v) is 8.52. The van der Waals surface area contributed by atoms with Crippen LogP contribution in [0.3, 0.4) is 0 Å². The molecule has 0 unspecified atom stereocenters. The lowest BCUT2D eigenvalue weighted by Gasteiger charge is -2.43. The molecule has 0 N–H and O–H groups in total. The minimum atomic E-state index is -1.59. The highest BCUT2D eigenvalue weighted by Gasteiger charge is 2.43. The van der Waals surface area contributed by atoms with E-state index in [1.54, 1.807) is 38.6 Å². The van der Waals surface area contributed by atoms with Crippen molar-refractivity contribution in [1.29, 1.82) is 0 Å². The van der Waals surface area contributed by atoms with Gasteiger partial charge in [-0.05, 0) is 49.8 Å². The number of carbonyl (C=O) groups excluding carboxylic acids is 1. The summed E-state index contributed by atoms with van der Waals surface area (Å²) in [6.07, 6.45) is 5.84. The SMILES string of the molecule is COc1cc(/C=C2\O[C@@H](C)[C@H]3COC=C(c4cc(F)c(F)c(F)c4)N3C2=O)ccc1-n1cnc(C)c1. The number of halogens is 3. The first-order valence-electron chi connectivity index (χ1n) is 11.1. The number of fused-ring (bicyclic) bond motifs is 1. The molecule has 0 aliphatic carbocycles. The number of aromatic nitrogens is 2. The molecule has 1 amide bonds. The molecule has 2 atom stereocenters. The first-order valence-corrected chi connectivity index (χ1v) is 11.1.